The number of carbonyl (C=O) groups is 2. The molecule has 1 N–H and O–H groups in total. The van der Waals surface area contributed by atoms with Crippen molar-refractivity contribution in [3.8, 4) is 17.0 Å². The topological polar surface area (TPSA) is 71.5 Å². The van der Waals surface area contributed by atoms with Crippen molar-refractivity contribution >= 4 is 28.8 Å². The highest BCUT2D eigenvalue weighted by atomic mass is 32.1. The van der Waals surface area contributed by atoms with Gasteiger partial charge >= 0.3 is 0 Å². The number of hydrogen-bond donors (Lipinski definition) is 1. The molecule has 2 heterocycles. The fraction of sp³-hybridized carbons (Fsp3) is 0.500. The first-order valence-electron chi connectivity index (χ1n) is 10.5. The Kier molecular flexibility index (Phi) is 6.13. The second-order valence-electron chi connectivity index (χ2n) is 7.73. The van der Waals surface area contributed by atoms with Crippen molar-refractivity contribution in [1.29, 1.82) is 0 Å². The summed E-state index contributed by atoms with van der Waals surface area (Å²) in [4.78, 5) is 31.4. The lowest BCUT2D eigenvalue weighted by Crippen LogP contribution is -2.47. The molecule has 0 unspecified atom stereocenters. The summed E-state index contributed by atoms with van der Waals surface area (Å²) in [6, 6.07) is 5.96. The summed E-state index contributed by atoms with van der Waals surface area (Å²) in [7, 11) is 0. The third-order valence-electron chi connectivity index (χ3n) is 5.49. The van der Waals surface area contributed by atoms with Gasteiger partial charge in [0.15, 0.2) is 6.61 Å². The van der Waals surface area contributed by atoms with E-state index in [1.807, 2.05) is 23.6 Å². The Morgan fingerprint density at radius 2 is 2.14 bits per heavy atom. The molecule has 1 saturated carbocycles. The number of ether oxygens (including phenoxy) is 1. The van der Waals surface area contributed by atoms with Gasteiger partial charge in [-0.2, -0.15) is 0 Å². The van der Waals surface area contributed by atoms with Crippen molar-refractivity contribution in [3.05, 3.63) is 28.6 Å². The average Bonchev–Trinajstić information content (AvgIpc) is 3.19. The number of nitrogens with zero attached hydrogens (tertiary/aromatic N) is 2. The third kappa shape index (κ3) is 4.61. The number of rotatable bonds is 6. The van der Waals surface area contributed by atoms with Crippen molar-refractivity contribution in [1.82, 2.24) is 10.3 Å². The lowest BCUT2D eigenvalue weighted by atomic mass is 9.95. The molecule has 154 valence electrons. The first-order valence-corrected chi connectivity index (χ1v) is 11.3. The minimum absolute atomic E-state index is 0.0211. The smallest absolute Gasteiger partial charge is 0.265 e. The molecule has 0 radical (unpaired) electrons. The highest BCUT2D eigenvalue weighted by molar-refractivity contribution is 7.09. The first kappa shape index (κ1) is 19.9. The molecule has 0 saturated heterocycles. The maximum Gasteiger partial charge on any atom is 0.265 e. The first-order chi connectivity index (χ1) is 14.1. The largest absolute Gasteiger partial charge is 0.482 e. The summed E-state index contributed by atoms with van der Waals surface area (Å²) in [5.41, 5.74) is 2.46. The van der Waals surface area contributed by atoms with Gasteiger partial charge in [-0.15, -0.1) is 11.3 Å². The van der Waals surface area contributed by atoms with Gasteiger partial charge in [-0.3, -0.25) is 14.5 Å². The molecule has 1 fully saturated rings. The molecule has 2 aromatic rings. The summed E-state index contributed by atoms with van der Waals surface area (Å²) in [5.74, 6) is 0.323. The van der Waals surface area contributed by atoms with E-state index in [0.29, 0.717) is 11.4 Å². The van der Waals surface area contributed by atoms with E-state index in [-0.39, 0.29) is 31.0 Å². The Bertz CT molecular complexity index is 889. The zero-order valence-corrected chi connectivity index (χ0v) is 17.6. The fourth-order valence-electron chi connectivity index (χ4n) is 3.97. The number of anilines is 1. The van der Waals surface area contributed by atoms with Gasteiger partial charge in [0.25, 0.3) is 5.91 Å². The van der Waals surface area contributed by atoms with Gasteiger partial charge in [0.05, 0.1) is 16.4 Å². The van der Waals surface area contributed by atoms with Crippen LogP contribution in [0.1, 0.15) is 50.5 Å². The Balaban J connectivity index is 1.53. The lowest BCUT2D eigenvalue weighted by molar-refractivity contribution is -0.125. The minimum Gasteiger partial charge on any atom is -0.482 e. The molecular weight excluding hydrogens is 386 g/mol. The average molecular weight is 414 g/mol. The molecule has 2 aliphatic rings. The number of thiazole rings is 1. The number of carbonyl (C=O) groups excluding carboxylic acids is 2. The van der Waals surface area contributed by atoms with Gasteiger partial charge in [-0.05, 0) is 43.9 Å². The summed E-state index contributed by atoms with van der Waals surface area (Å²) in [6.45, 7) is 2.12. The van der Waals surface area contributed by atoms with Gasteiger partial charge < -0.3 is 10.1 Å². The van der Waals surface area contributed by atoms with Crippen molar-refractivity contribution < 1.29 is 14.3 Å². The summed E-state index contributed by atoms with van der Waals surface area (Å²) in [5, 5.41) is 6.24. The molecule has 2 amide bonds. The number of hydrogen-bond acceptors (Lipinski definition) is 5. The van der Waals surface area contributed by atoms with Crippen molar-refractivity contribution in [3.63, 3.8) is 0 Å². The molecular formula is C22H27N3O3S. The van der Waals surface area contributed by atoms with Gasteiger partial charge in [-0.1, -0.05) is 26.2 Å². The van der Waals surface area contributed by atoms with Crippen LogP contribution in [0.15, 0.2) is 23.6 Å². The highest BCUT2D eigenvalue weighted by Gasteiger charge is 2.28. The van der Waals surface area contributed by atoms with Gasteiger partial charge in [0.1, 0.15) is 12.3 Å². The van der Waals surface area contributed by atoms with Gasteiger partial charge in [0, 0.05) is 17.0 Å². The number of aryl methyl sites for hydroxylation is 1. The van der Waals surface area contributed by atoms with E-state index in [2.05, 4.69) is 12.2 Å². The molecule has 1 aliphatic carbocycles. The molecule has 0 spiro atoms. The second-order valence-corrected chi connectivity index (χ2v) is 8.67. The standard InChI is InChI=1S/C22H27N3O3S/c1-2-6-21-24-17(14-29-21)15-9-10-19-18(11-15)25(22(27)13-28-19)12-20(26)23-16-7-4-3-5-8-16/h9-11,14,16H,2-8,12-13H2,1H3,(H,23,26). The molecule has 4 rings (SSSR count). The zero-order valence-electron chi connectivity index (χ0n) is 16.8. The molecule has 1 aliphatic heterocycles. The number of amides is 2. The highest BCUT2D eigenvalue weighted by Crippen LogP contribution is 2.36. The molecule has 6 nitrogen and oxygen atoms in total. The summed E-state index contributed by atoms with van der Waals surface area (Å²) < 4.78 is 5.59. The van der Waals surface area contributed by atoms with Crippen LogP contribution in [0.5, 0.6) is 5.75 Å². The van der Waals surface area contributed by atoms with Gasteiger partial charge in [-0.25, -0.2) is 4.98 Å². The van der Waals surface area contributed by atoms with E-state index < -0.39 is 0 Å². The molecule has 0 bridgehead atoms. The predicted octanol–water partition coefficient (Wildman–Crippen LogP) is 3.94. The van der Waals surface area contributed by atoms with Crippen LogP contribution in [0.4, 0.5) is 5.69 Å². The van der Waals surface area contributed by atoms with Crippen LogP contribution in [0.2, 0.25) is 0 Å². The molecule has 29 heavy (non-hydrogen) atoms. The zero-order chi connectivity index (χ0) is 20.2. The van der Waals surface area contributed by atoms with Crippen LogP contribution in [-0.4, -0.2) is 36.0 Å². The lowest BCUT2D eigenvalue weighted by Gasteiger charge is -2.30. The Hall–Kier alpha value is -2.41. The normalized spacial score (nSPS) is 17.0. The van der Waals surface area contributed by atoms with E-state index in [9.17, 15) is 9.59 Å². The summed E-state index contributed by atoms with van der Waals surface area (Å²) in [6.07, 6.45) is 7.61. The van der Waals surface area contributed by atoms with Crippen LogP contribution >= 0.6 is 11.3 Å². The van der Waals surface area contributed by atoms with Crippen LogP contribution in [-0.2, 0) is 16.0 Å². The van der Waals surface area contributed by atoms with Crippen molar-refractivity contribution in [2.24, 2.45) is 0 Å². The molecule has 1 aromatic carbocycles. The second kappa shape index (κ2) is 8.95. The van der Waals surface area contributed by atoms with Gasteiger partial charge in [0.2, 0.25) is 5.91 Å². The van der Waals surface area contributed by atoms with Crippen LogP contribution in [0, 0.1) is 0 Å². The molecule has 7 heteroatoms. The van der Waals surface area contributed by atoms with E-state index in [4.69, 9.17) is 9.72 Å². The van der Waals surface area contributed by atoms with Crippen molar-refractivity contribution in [2.75, 3.05) is 18.1 Å². The molecule has 0 atom stereocenters. The quantitative estimate of drug-likeness (QED) is 0.779. The number of benzene rings is 1. The Labute approximate surface area is 175 Å². The maximum absolute atomic E-state index is 12.6. The fourth-order valence-corrected chi connectivity index (χ4v) is 4.88. The Morgan fingerprint density at radius 1 is 1.31 bits per heavy atom. The Morgan fingerprint density at radius 3 is 2.93 bits per heavy atom. The third-order valence-corrected chi connectivity index (χ3v) is 6.39. The maximum atomic E-state index is 12.6. The monoisotopic (exact) mass is 413 g/mol. The van der Waals surface area contributed by atoms with E-state index in [0.717, 1.165) is 54.8 Å². The predicted molar refractivity (Wildman–Crippen MR) is 114 cm³/mol. The van der Waals surface area contributed by atoms with E-state index in [1.165, 1.54) is 6.42 Å². The number of nitrogens with one attached hydrogen (secondary N) is 1. The SMILES string of the molecule is CCCc1nc(-c2ccc3c(c2)N(CC(=O)NC2CCCCC2)C(=O)CO3)cs1. The van der Waals surface area contributed by atoms with Crippen molar-refractivity contribution in [2.45, 2.75) is 57.9 Å². The number of fused-ring (bicyclic) bond motifs is 1. The minimum atomic E-state index is -0.196. The van der Waals surface area contributed by atoms with Crippen LogP contribution < -0.4 is 15.0 Å². The van der Waals surface area contributed by atoms with E-state index in [1.54, 1.807) is 16.2 Å². The number of aromatic nitrogens is 1. The van der Waals surface area contributed by atoms with E-state index >= 15 is 0 Å². The molecule has 1 aromatic heterocycles. The summed E-state index contributed by atoms with van der Waals surface area (Å²) >= 11 is 1.65. The van der Waals surface area contributed by atoms with Crippen LogP contribution in [0.25, 0.3) is 11.3 Å². The van der Waals surface area contributed by atoms with Crippen LogP contribution in [0.3, 0.4) is 0 Å².